The maximum absolute atomic E-state index is 13.4. The first-order chi connectivity index (χ1) is 9.06. The number of nitrogens with one attached hydrogen (secondary N) is 2. The minimum absolute atomic E-state index is 0.0142. The summed E-state index contributed by atoms with van der Waals surface area (Å²) in [5.41, 5.74) is 0.520. The molecule has 0 aliphatic heterocycles. The van der Waals surface area contributed by atoms with E-state index in [9.17, 15) is 14.0 Å². The van der Waals surface area contributed by atoms with Crippen LogP contribution in [-0.2, 0) is 16.0 Å². The van der Waals surface area contributed by atoms with Crippen LogP contribution in [0.5, 0.6) is 5.75 Å². The van der Waals surface area contributed by atoms with E-state index in [1.165, 1.54) is 19.2 Å². The van der Waals surface area contributed by atoms with Crippen LogP contribution in [0.4, 0.5) is 4.39 Å². The molecule has 1 aromatic rings. The van der Waals surface area contributed by atoms with E-state index >= 15 is 0 Å². The summed E-state index contributed by atoms with van der Waals surface area (Å²) in [6.07, 6.45) is 0.0142. The number of methoxy groups -OCH3 is 1. The molecule has 0 unspecified atom stereocenters. The standard InChI is InChI=1S/C13H17FN2O3/c1-3-15-13(18)8-16-12(17)7-9-4-5-11(19-2)10(14)6-9/h4-6H,3,7-8H2,1-2H3,(H,15,18)(H,16,17). The first-order valence-electron chi connectivity index (χ1n) is 5.92. The van der Waals surface area contributed by atoms with Gasteiger partial charge in [-0.25, -0.2) is 4.39 Å². The highest BCUT2D eigenvalue weighted by molar-refractivity contribution is 5.85. The van der Waals surface area contributed by atoms with Crippen molar-refractivity contribution in [3.63, 3.8) is 0 Å². The molecule has 6 heteroatoms. The average Bonchev–Trinajstić information content (AvgIpc) is 2.37. The summed E-state index contributed by atoms with van der Waals surface area (Å²) in [7, 11) is 1.37. The molecule has 2 N–H and O–H groups in total. The molecule has 104 valence electrons. The summed E-state index contributed by atoms with van der Waals surface area (Å²) < 4.78 is 18.2. The van der Waals surface area contributed by atoms with Crippen molar-refractivity contribution in [3.05, 3.63) is 29.6 Å². The first kappa shape index (κ1) is 14.9. The maximum Gasteiger partial charge on any atom is 0.239 e. The number of hydrogen-bond acceptors (Lipinski definition) is 3. The lowest BCUT2D eigenvalue weighted by Gasteiger charge is -2.07. The molecular weight excluding hydrogens is 251 g/mol. The van der Waals surface area contributed by atoms with Gasteiger partial charge in [0.25, 0.3) is 0 Å². The molecule has 0 aliphatic rings. The van der Waals surface area contributed by atoms with Crippen molar-refractivity contribution in [2.75, 3.05) is 20.2 Å². The zero-order valence-electron chi connectivity index (χ0n) is 11.0. The third kappa shape index (κ3) is 4.95. The Morgan fingerprint density at radius 1 is 1.26 bits per heavy atom. The molecule has 0 spiro atoms. The number of halogens is 1. The van der Waals surface area contributed by atoms with E-state index in [2.05, 4.69) is 10.6 Å². The van der Waals surface area contributed by atoms with Gasteiger partial charge in [-0.2, -0.15) is 0 Å². The number of amides is 2. The van der Waals surface area contributed by atoms with Crippen LogP contribution in [0.2, 0.25) is 0 Å². The molecule has 0 radical (unpaired) electrons. The fourth-order valence-corrected chi connectivity index (χ4v) is 1.51. The van der Waals surface area contributed by atoms with Gasteiger partial charge in [-0.3, -0.25) is 9.59 Å². The Hall–Kier alpha value is -2.11. The Labute approximate surface area is 111 Å². The SMILES string of the molecule is CCNC(=O)CNC(=O)Cc1ccc(OC)c(F)c1. The molecule has 0 bridgehead atoms. The first-order valence-corrected chi connectivity index (χ1v) is 5.92. The van der Waals surface area contributed by atoms with Crippen LogP contribution in [0, 0.1) is 5.82 Å². The second-order valence-electron chi connectivity index (χ2n) is 3.88. The van der Waals surface area contributed by atoms with Crippen LogP contribution in [0.1, 0.15) is 12.5 Å². The van der Waals surface area contributed by atoms with E-state index in [1.807, 2.05) is 0 Å². The summed E-state index contributed by atoms with van der Waals surface area (Å²) in [5, 5.41) is 5.02. The normalized spacial score (nSPS) is 9.84. The van der Waals surface area contributed by atoms with Crippen molar-refractivity contribution in [1.29, 1.82) is 0 Å². The highest BCUT2D eigenvalue weighted by Gasteiger charge is 2.08. The molecule has 0 atom stereocenters. The molecule has 0 aliphatic carbocycles. The average molecular weight is 268 g/mol. The van der Waals surface area contributed by atoms with Crippen molar-refractivity contribution < 1.29 is 18.7 Å². The molecule has 1 rings (SSSR count). The van der Waals surface area contributed by atoms with Crippen molar-refractivity contribution in [3.8, 4) is 5.75 Å². The second kappa shape index (κ2) is 7.35. The highest BCUT2D eigenvalue weighted by Crippen LogP contribution is 2.17. The molecule has 5 nitrogen and oxygen atoms in total. The van der Waals surface area contributed by atoms with Crippen LogP contribution in [0.15, 0.2) is 18.2 Å². The zero-order valence-corrected chi connectivity index (χ0v) is 11.0. The van der Waals surface area contributed by atoms with Gasteiger partial charge in [0.05, 0.1) is 20.1 Å². The molecular formula is C13H17FN2O3. The Bertz CT molecular complexity index is 463. The Kier molecular flexibility index (Phi) is 5.78. The number of carbonyl (C=O) groups is 2. The molecule has 0 aromatic heterocycles. The van der Waals surface area contributed by atoms with E-state index in [1.54, 1.807) is 13.0 Å². The second-order valence-corrected chi connectivity index (χ2v) is 3.88. The monoisotopic (exact) mass is 268 g/mol. The lowest BCUT2D eigenvalue weighted by Crippen LogP contribution is -2.37. The smallest absolute Gasteiger partial charge is 0.239 e. The van der Waals surface area contributed by atoms with Crippen LogP contribution < -0.4 is 15.4 Å². The third-order valence-electron chi connectivity index (χ3n) is 2.40. The minimum Gasteiger partial charge on any atom is -0.494 e. The highest BCUT2D eigenvalue weighted by atomic mass is 19.1. The number of likely N-dealkylation sites (N-methyl/N-ethyl adjacent to an activating group) is 1. The fourth-order valence-electron chi connectivity index (χ4n) is 1.51. The number of ether oxygens (including phenoxy) is 1. The van der Waals surface area contributed by atoms with Gasteiger partial charge < -0.3 is 15.4 Å². The van der Waals surface area contributed by atoms with Crippen LogP contribution in [0.25, 0.3) is 0 Å². The van der Waals surface area contributed by atoms with Gasteiger partial charge in [0.15, 0.2) is 11.6 Å². The zero-order chi connectivity index (χ0) is 14.3. The van der Waals surface area contributed by atoms with Crippen molar-refractivity contribution >= 4 is 11.8 Å². The van der Waals surface area contributed by atoms with Crippen molar-refractivity contribution in [2.24, 2.45) is 0 Å². The van der Waals surface area contributed by atoms with Gasteiger partial charge in [0.2, 0.25) is 11.8 Å². The number of hydrogen-bond donors (Lipinski definition) is 2. The Morgan fingerprint density at radius 3 is 2.58 bits per heavy atom. The van der Waals surface area contributed by atoms with Gasteiger partial charge in [-0.1, -0.05) is 6.07 Å². The summed E-state index contributed by atoms with van der Waals surface area (Å²) in [6.45, 7) is 2.23. The van der Waals surface area contributed by atoms with Crippen LogP contribution in [-0.4, -0.2) is 32.0 Å². The molecule has 0 saturated heterocycles. The van der Waals surface area contributed by atoms with E-state index in [0.717, 1.165) is 0 Å². The van der Waals surface area contributed by atoms with Crippen molar-refractivity contribution in [2.45, 2.75) is 13.3 Å². The van der Waals surface area contributed by atoms with E-state index in [4.69, 9.17) is 4.74 Å². The third-order valence-corrected chi connectivity index (χ3v) is 2.40. The maximum atomic E-state index is 13.4. The molecule has 0 heterocycles. The summed E-state index contributed by atoms with van der Waals surface area (Å²) in [6, 6.07) is 4.31. The Morgan fingerprint density at radius 2 is 2.00 bits per heavy atom. The van der Waals surface area contributed by atoms with Gasteiger partial charge >= 0.3 is 0 Å². The molecule has 0 saturated carbocycles. The van der Waals surface area contributed by atoms with E-state index in [-0.39, 0.29) is 30.5 Å². The topological polar surface area (TPSA) is 67.4 Å². The molecule has 2 amide bonds. The molecule has 19 heavy (non-hydrogen) atoms. The van der Waals surface area contributed by atoms with Gasteiger partial charge in [-0.05, 0) is 24.6 Å². The minimum atomic E-state index is -0.517. The largest absolute Gasteiger partial charge is 0.494 e. The van der Waals surface area contributed by atoms with Gasteiger partial charge in [0.1, 0.15) is 0 Å². The lowest BCUT2D eigenvalue weighted by atomic mass is 10.1. The lowest BCUT2D eigenvalue weighted by molar-refractivity contribution is -0.125. The Balaban J connectivity index is 2.48. The van der Waals surface area contributed by atoms with Crippen LogP contribution >= 0.6 is 0 Å². The fraction of sp³-hybridized carbons (Fsp3) is 0.385. The summed E-state index contributed by atoms with van der Waals surface area (Å²) in [4.78, 5) is 22.7. The quantitative estimate of drug-likeness (QED) is 0.795. The van der Waals surface area contributed by atoms with Gasteiger partial charge in [0, 0.05) is 6.54 Å². The number of carbonyl (C=O) groups excluding carboxylic acids is 2. The molecule has 1 aromatic carbocycles. The van der Waals surface area contributed by atoms with Crippen molar-refractivity contribution in [1.82, 2.24) is 10.6 Å². The van der Waals surface area contributed by atoms with E-state index in [0.29, 0.717) is 12.1 Å². The summed E-state index contributed by atoms with van der Waals surface area (Å²) >= 11 is 0. The number of rotatable bonds is 6. The number of benzene rings is 1. The van der Waals surface area contributed by atoms with Crippen LogP contribution in [0.3, 0.4) is 0 Å². The molecule has 0 fully saturated rings. The van der Waals surface area contributed by atoms with E-state index < -0.39 is 5.82 Å². The van der Waals surface area contributed by atoms with Gasteiger partial charge in [-0.15, -0.1) is 0 Å². The summed E-state index contributed by atoms with van der Waals surface area (Å²) in [5.74, 6) is -0.976. The predicted molar refractivity (Wildman–Crippen MR) is 68.3 cm³/mol. The predicted octanol–water partition coefficient (Wildman–Crippen LogP) is 0.629.